The summed E-state index contributed by atoms with van der Waals surface area (Å²) in [4.78, 5) is 9.08. The molecule has 1 aliphatic heterocycles. The fraction of sp³-hybridized carbons (Fsp3) is 0.474. The Morgan fingerprint density at radius 1 is 1.18 bits per heavy atom. The van der Waals surface area contributed by atoms with Crippen molar-refractivity contribution in [2.45, 2.75) is 13.1 Å². The summed E-state index contributed by atoms with van der Waals surface area (Å²) in [5, 5.41) is 7.42. The maximum absolute atomic E-state index is 5.50. The van der Waals surface area contributed by atoms with Gasteiger partial charge in [0.05, 0.1) is 19.9 Å². The minimum atomic E-state index is 0. The zero-order valence-corrected chi connectivity index (χ0v) is 18.9. The summed E-state index contributed by atoms with van der Waals surface area (Å²) in [6.45, 7) is 5.16. The second-order valence-electron chi connectivity index (χ2n) is 6.31. The molecular formula is C19H28IN5O3. The number of ether oxygens (including phenoxy) is 2. The maximum Gasteiger partial charge on any atom is 0.194 e. The fourth-order valence-corrected chi connectivity index (χ4v) is 3.27. The Kier molecular flexibility index (Phi) is 8.84. The van der Waals surface area contributed by atoms with E-state index in [4.69, 9.17) is 14.0 Å². The molecule has 0 atom stereocenters. The number of methoxy groups -OCH3 is 2. The van der Waals surface area contributed by atoms with Gasteiger partial charge in [-0.1, -0.05) is 17.3 Å². The number of hydrogen-bond acceptors (Lipinski definition) is 6. The summed E-state index contributed by atoms with van der Waals surface area (Å²) in [6, 6.07) is 7.79. The molecule has 28 heavy (non-hydrogen) atoms. The van der Waals surface area contributed by atoms with Crippen LogP contribution in [0.3, 0.4) is 0 Å². The number of halogens is 1. The highest BCUT2D eigenvalue weighted by Gasteiger charge is 2.20. The molecule has 0 bridgehead atoms. The zero-order valence-electron chi connectivity index (χ0n) is 16.6. The summed E-state index contributed by atoms with van der Waals surface area (Å²) < 4.78 is 15.8. The number of benzene rings is 1. The number of aliphatic imine (C=N–C) groups is 1. The van der Waals surface area contributed by atoms with Gasteiger partial charge in [-0.25, -0.2) is 0 Å². The molecule has 0 amide bonds. The molecule has 0 saturated carbocycles. The van der Waals surface area contributed by atoms with Crippen LogP contribution in [0.1, 0.15) is 11.3 Å². The molecule has 1 N–H and O–H groups in total. The van der Waals surface area contributed by atoms with Crippen molar-refractivity contribution >= 4 is 29.9 Å². The number of nitrogens with zero attached hydrogens (tertiary/aromatic N) is 4. The molecule has 0 aliphatic carbocycles. The van der Waals surface area contributed by atoms with Gasteiger partial charge in [0.2, 0.25) is 0 Å². The third kappa shape index (κ3) is 5.51. The molecule has 8 nitrogen and oxygen atoms in total. The first-order valence-electron chi connectivity index (χ1n) is 9.02. The van der Waals surface area contributed by atoms with Gasteiger partial charge in [0.25, 0.3) is 0 Å². The van der Waals surface area contributed by atoms with E-state index in [2.05, 4.69) is 25.3 Å². The molecule has 1 aliphatic rings. The van der Waals surface area contributed by atoms with Crippen LogP contribution in [0.5, 0.6) is 11.5 Å². The van der Waals surface area contributed by atoms with Crippen LogP contribution in [0.15, 0.2) is 40.0 Å². The quantitative estimate of drug-likeness (QED) is 0.370. The molecule has 1 aromatic heterocycles. The lowest BCUT2D eigenvalue weighted by Crippen LogP contribution is -2.52. The smallest absolute Gasteiger partial charge is 0.194 e. The molecule has 9 heteroatoms. The van der Waals surface area contributed by atoms with Crippen molar-refractivity contribution in [2.24, 2.45) is 4.99 Å². The van der Waals surface area contributed by atoms with Crippen molar-refractivity contribution in [3.8, 4) is 11.5 Å². The van der Waals surface area contributed by atoms with Crippen LogP contribution in [0.4, 0.5) is 0 Å². The molecule has 2 aromatic rings. The largest absolute Gasteiger partial charge is 0.493 e. The minimum Gasteiger partial charge on any atom is -0.493 e. The highest BCUT2D eigenvalue weighted by Crippen LogP contribution is 2.30. The molecule has 1 aromatic carbocycles. The highest BCUT2D eigenvalue weighted by molar-refractivity contribution is 14.0. The van der Waals surface area contributed by atoms with Crippen molar-refractivity contribution in [2.75, 3.05) is 47.4 Å². The Morgan fingerprint density at radius 2 is 1.96 bits per heavy atom. The second-order valence-corrected chi connectivity index (χ2v) is 6.31. The van der Waals surface area contributed by atoms with Gasteiger partial charge in [-0.05, 0) is 6.07 Å². The van der Waals surface area contributed by atoms with Gasteiger partial charge in [-0.15, -0.1) is 24.0 Å². The van der Waals surface area contributed by atoms with Crippen LogP contribution in [-0.4, -0.2) is 68.4 Å². The average Bonchev–Trinajstić information content (AvgIpc) is 3.22. The van der Waals surface area contributed by atoms with Gasteiger partial charge in [0.15, 0.2) is 17.5 Å². The van der Waals surface area contributed by atoms with E-state index in [9.17, 15) is 0 Å². The number of rotatable bonds is 6. The van der Waals surface area contributed by atoms with E-state index >= 15 is 0 Å². The van der Waals surface area contributed by atoms with E-state index in [1.54, 1.807) is 20.5 Å². The van der Waals surface area contributed by atoms with Gasteiger partial charge in [0.1, 0.15) is 6.26 Å². The number of guanidine groups is 1. The van der Waals surface area contributed by atoms with Gasteiger partial charge in [0, 0.05) is 57.9 Å². The molecule has 1 fully saturated rings. The Morgan fingerprint density at radius 3 is 2.57 bits per heavy atom. The summed E-state index contributed by atoms with van der Waals surface area (Å²) in [6.07, 6.45) is 1.62. The van der Waals surface area contributed by atoms with E-state index in [1.807, 2.05) is 31.3 Å². The number of para-hydroxylation sites is 1. The summed E-state index contributed by atoms with van der Waals surface area (Å²) in [5.41, 5.74) is 2.00. The molecule has 1 saturated heterocycles. The monoisotopic (exact) mass is 501 g/mol. The first-order chi connectivity index (χ1) is 13.2. The van der Waals surface area contributed by atoms with Gasteiger partial charge >= 0.3 is 0 Å². The van der Waals surface area contributed by atoms with Crippen LogP contribution in [0, 0.1) is 0 Å². The molecule has 2 heterocycles. The Bertz CT molecular complexity index is 746. The van der Waals surface area contributed by atoms with Crippen molar-refractivity contribution < 1.29 is 14.0 Å². The first kappa shape index (κ1) is 22.3. The van der Waals surface area contributed by atoms with E-state index in [0.29, 0.717) is 6.54 Å². The predicted octanol–water partition coefficient (Wildman–Crippen LogP) is 2.20. The molecule has 0 radical (unpaired) electrons. The maximum atomic E-state index is 5.50. The lowest BCUT2D eigenvalue weighted by atomic mass is 10.2. The molecule has 0 spiro atoms. The van der Waals surface area contributed by atoms with E-state index in [1.165, 1.54) is 0 Å². The molecular weight excluding hydrogens is 473 g/mol. The standard InChI is InChI=1S/C19H27N5O3.HI/c1-20-19(21-13-15-5-4-6-17(25-2)18(15)26-3)24-10-8-23(9-11-24)14-16-7-12-27-22-16;/h4-7,12H,8-11,13-14H2,1-3H3,(H,20,21);1H. The van der Waals surface area contributed by atoms with Gasteiger partial charge in [-0.3, -0.25) is 9.89 Å². The Labute approximate surface area is 182 Å². The third-order valence-corrected chi connectivity index (χ3v) is 4.68. The first-order valence-corrected chi connectivity index (χ1v) is 9.02. The van der Waals surface area contributed by atoms with Crippen LogP contribution in [0.25, 0.3) is 0 Å². The van der Waals surface area contributed by atoms with Crippen LogP contribution < -0.4 is 14.8 Å². The normalized spacial score (nSPS) is 15.1. The van der Waals surface area contributed by atoms with Crippen molar-refractivity contribution in [1.29, 1.82) is 0 Å². The van der Waals surface area contributed by atoms with Crippen molar-refractivity contribution in [3.63, 3.8) is 0 Å². The summed E-state index contributed by atoms with van der Waals surface area (Å²) >= 11 is 0. The highest BCUT2D eigenvalue weighted by atomic mass is 127. The number of hydrogen-bond donors (Lipinski definition) is 1. The molecule has 3 rings (SSSR count). The molecule has 0 unspecified atom stereocenters. The van der Waals surface area contributed by atoms with Crippen LogP contribution in [0.2, 0.25) is 0 Å². The van der Waals surface area contributed by atoms with E-state index in [-0.39, 0.29) is 24.0 Å². The SMILES string of the molecule is CN=C(NCc1cccc(OC)c1OC)N1CCN(Cc2ccon2)CC1.I. The predicted molar refractivity (Wildman–Crippen MR) is 119 cm³/mol. The molecule has 154 valence electrons. The lowest BCUT2D eigenvalue weighted by Gasteiger charge is -2.36. The fourth-order valence-electron chi connectivity index (χ4n) is 3.27. The van der Waals surface area contributed by atoms with E-state index in [0.717, 1.165) is 61.4 Å². The lowest BCUT2D eigenvalue weighted by molar-refractivity contribution is 0.169. The topological polar surface area (TPSA) is 75.4 Å². The number of aromatic nitrogens is 1. The number of nitrogens with one attached hydrogen (secondary N) is 1. The van der Waals surface area contributed by atoms with Crippen LogP contribution >= 0.6 is 24.0 Å². The summed E-state index contributed by atoms with van der Waals surface area (Å²) in [7, 11) is 5.11. The average molecular weight is 501 g/mol. The number of piperazine rings is 1. The van der Waals surface area contributed by atoms with Crippen molar-refractivity contribution in [1.82, 2.24) is 20.3 Å². The zero-order chi connectivity index (χ0) is 19.1. The third-order valence-electron chi connectivity index (χ3n) is 4.68. The van der Waals surface area contributed by atoms with Gasteiger partial charge in [-0.2, -0.15) is 0 Å². The Hall–Kier alpha value is -2.01. The van der Waals surface area contributed by atoms with Crippen LogP contribution in [-0.2, 0) is 13.1 Å². The van der Waals surface area contributed by atoms with E-state index < -0.39 is 0 Å². The minimum absolute atomic E-state index is 0. The second kappa shape index (κ2) is 11.1. The van der Waals surface area contributed by atoms with Gasteiger partial charge < -0.3 is 24.2 Å². The summed E-state index contributed by atoms with van der Waals surface area (Å²) in [5.74, 6) is 2.37. The van der Waals surface area contributed by atoms with Crippen molar-refractivity contribution in [3.05, 3.63) is 41.8 Å². The Balaban J connectivity index is 0.00000280.